The highest BCUT2D eigenvalue weighted by molar-refractivity contribution is 7.89. The van der Waals surface area contributed by atoms with E-state index in [0.717, 1.165) is 6.07 Å². The summed E-state index contributed by atoms with van der Waals surface area (Å²) in [6, 6.07) is 4.94. The van der Waals surface area contributed by atoms with Gasteiger partial charge in [0.25, 0.3) is 0 Å². The molecule has 0 aliphatic heterocycles. The summed E-state index contributed by atoms with van der Waals surface area (Å²) in [6.45, 7) is 0. The summed E-state index contributed by atoms with van der Waals surface area (Å²) in [5.41, 5.74) is -1.10. The van der Waals surface area contributed by atoms with E-state index in [4.69, 9.17) is 23.2 Å². The Balaban J connectivity index is 2.02. The minimum Gasteiger partial charge on any atom is -0.505 e. The van der Waals surface area contributed by atoms with Gasteiger partial charge in [-0.1, -0.05) is 23.2 Å². The Bertz CT molecular complexity index is 886. The highest BCUT2D eigenvalue weighted by Gasteiger charge is 2.50. The number of phenols is 1. The standard InChI is InChI=1S/C14H11Cl2FN2O3S/c15-8-6-9(16)12(20)11(7-8)23(21,22)19-14(3-4-14)13-10(17)2-1-5-18-13/h1-2,5-7,19-20H,3-4H2. The van der Waals surface area contributed by atoms with Crippen LogP contribution in [0.3, 0.4) is 0 Å². The largest absolute Gasteiger partial charge is 0.505 e. The molecular weight excluding hydrogens is 366 g/mol. The van der Waals surface area contributed by atoms with E-state index in [1.165, 1.54) is 24.4 Å². The molecular formula is C14H11Cl2FN2O3S. The number of hydrogen-bond acceptors (Lipinski definition) is 4. The highest BCUT2D eigenvalue weighted by Crippen LogP contribution is 2.47. The first-order valence-electron chi connectivity index (χ1n) is 6.58. The molecule has 0 saturated heterocycles. The lowest BCUT2D eigenvalue weighted by atomic mass is 10.1. The van der Waals surface area contributed by atoms with Crippen LogP contribution in [0.4, 0.5) is 4.39 Å². The fraction of sp³-hybridized carbons (Fsp3) is 0.214. The summed E-state index contributed by atoms with van der Waals surface area (Å²) in [6.07, 6.45) is 2.19. The molecule has 0 radical (unpaired) electrons. The maximum Gasteiger partial charge on any atom is 0.245 e. The molecule has 2 N–H and O–H groups in total. The van der Waals surface area contributed by atoms with Crippen LogP contribution < -0.4 is 4.72 Å². The number of benzene rings is 1. The normalized spacial score (nSPS) is 16.3. The van der Waals surface area contributed by atoms with Crippen molar-refractivity contribution >= 4 is 33.2 Å². The Morgan fingerprint density at radius 2 is 2.00 bits per heavy atom. The molecule has 1 saturated carbocycles. The number of halogens is 3. The summed E-state index contributed by atoms with van der Waals surface area (Å²) in [5.74, 6) is -1.21. The molecule has 0 bridgehead atoms. The molecule has 1 heterocycles. The Morgan fingerprint density at radius 1 is 1.30 bits per heavy atom. The SMILES string of the molecule is O=S(=O)(NC1(c2ncccc2F)CC1)c1cc(Cl)cc(Cl)c1O. The molecule has 122 valence electrons. The predicted molar refractivity (Wildman–Crippen MR) is 83.6 cm³/mol. The van der Waals surface area contributed by atoms with E-state index in [0.29, 0.717) is 12.8 Å². The summed E-state index contributed by atoms with van der Waals surface area (Å²) in [4.78, 5) is 3.47. The molecule has 1 fully saturated rings. The van der Waals surface area contributed by atoms with Gasteiger partial charge in [0.1, 0.15) is 10.7 Å². The summed E-state index contributed by atoms with van der Waals surface area (Å²) < 4.78 is 41.4. The van der Waals surface area contributed by atoms with Crippen molar-refractivity contribution in [1.82, 2.24) is 9.71 Å². The van der Waals surface area contributed by atoms with Crippen LogP contribution in [-0.4, -0.2) is 18.5 Å². The van der Waals surface area contributed by atoms with Gasteiger partial charge in [0.2, 0.25) is 10.0 Å². The zero-order valence-corrected chi connectivity index (χ0v) is 13.9. The molecule has 0 amide bonds. The van der Waals surface area contributed by atoms with Crippen molar-refractivity contribution in [3.63, 3.8) is 0 Å². The van der Waals surface area contributed by atoms with Crippen LogP contribution in [0.2, 0.25) is 10.0 Å². The molecule has 3 rings (SSSR count). The lowest BCUT2D eigenvalue weighted by Crippen LogP contribution is -2.36. The van der Waals surface area contributed by atoms with Crippen molar-refractivity contribution in [3.05, 3.63) is 52.0 Å². The second-order valence-electron chi connectivity index (χ2n) is 5.26. The van der Waals surface area contributed by atoms with Crippen molar-refractivity contribution < 1.29 is 17.9 Å². The van der Waals surface area contributed by atoms with Crippen molar-refractivity contribution in [2.24, 2.45) is 0 Å². The molecule has 0 atom stereocenters. The number of aromatic hydroxyl groups is 1. The van der Waals surface area contributed by atoms with E-state index in [1.807, 2.05) is 0 Å². The first kappa shape index (κ1) is 16.4. The van der Waals surface area contributed by atoms with Crippen LogP contribution in [0.1, 0.15) is 18.5 Å². The third-order valence-corrected chi connectivity index (χ3v) is 5.63. The second kappa shape index (κ2) is 5.59. The fourth-order valence-corrected chi connectivity index (χ4v) is 4.50. The summed E-state index contributed by atoms with van der Waals surface area (Å²) in [5, 5.41) is 9.77. The van der Waals surface area contributed by atoms with Gasteiger partial charge in [0, 0.05) is 11.2 Å². The van der Waals surface area contributed by atoms with Crippen molar-refractivity contribution in [2.45, 2.75) is 23.3 Å². The summed E-state index contributed by atoms with van der Waals surface area (Å²) in [7, 11) is -4.17. The summed E-state index contributed by atoms with van der Waals surface area (Å²) >= 11 is 11.6. The van der Waals surface area contributed by atoms with Gasteiger partial charge in [0.15, 0.2) is 5.75 Å². The lowest BCUT2D eigenvalue weighted by Gasteiger charge is -2.18. The van der Waals surface area contributed by atoms with Gasteiger partial charge >= 0.3 is 0 Å². The topological polar surface area (TPSA) is 79.3 Å². The molecule has 1 aromatic carbocycles. The molecule has 1 aliphatic rings. The number of pyridine rings is 1. The second-order valence-corrected chi connectivity index (χ2v) is 7.75. The number of phenolic OH excluding ortho intramolecular Hbond substituents is 1. The molecule has 23 heavy (non-hydrogen) atoms. The van der Waals surface area contributed by atoms with E-state index in [9.17, 15) is 17.9 Å². The maximum atomic E-state index is 13.9. The number of hydrogen-bond donors (Lipinski definition) is 2. The molecule has 9 heteroatoms. The van der Waals surface area contributed by atoms with E-state index >= 15 is 0 Å². The highest BCUT2D eigenvalue weighted by atomic mass is 35.5. The van der Waals surface area contributed by atoms with E-state index in [2.05, 4.69) is 9.71 Å². The van der Waals surface area contributed by atoms with Crippen LogP contribution in [0.15, 0.2) is 35.4 Å². The lowest BCUT2D eigenvalue weighted by molar-refractivity contribution is 0.456. The van der Waals surface area contributed by atoms with Gasteiger partial charge in [-0.25, -0.2) is 12.8 Å². The van der Waals surface area contributed by atoms with Gasteiger partial charge in [-0.3, -0.25) is 4.98 Å². The third-order valence-electron chi connectivity index (χ3n) is 3.57. The predicted octanol–water partition coefficient (Wildman–Crippen LogP) is 3.20. The zero-order valence-electron chi connectivity index (χ0n) is 11.6. The van der Waals surface area contributed by atoms with Gasteiger partial charge in [0.05, 0.1) is 16.3 Å². The smallest absolute Gasteiger partial charge is 0.245 e. The minimum atomic E-state index is -4.17. The maximum absolute atomic E-state index is 13.9. The van der Waals surface area contributed by atoms with Crippen LogP contribution in [0.25, 0.3) is 0 Å². The van der Waals surface area contributed by atoms with Crippen LogP contribution in [-0.2, 0) is 15.6 Å². The third kappa shape index (κ3) is 3.01. The molecule has 5 nitrogen and oxygen atoms in total. The quantitative estimate of drug-likeness (QED) is 0.858. The molecule has 0 spiro atoms. The fourth-order valence-electron chi connectivity index (χ4n) is 2.31. The number of nitrogens with one attached hydrogen (secondary N) is 1. The minimum absolute atomic E-state index is 0.0242. The average molecular weight is 377 g/mol. The zero-order chi connectivity index (χ0) is 16.8. The Kier molecular flexibility index (Phi) is 4.00. The van der Waals surface area contributed by atoms with Gasteiger partial charge < -0.3 is 5.11 Å². The van der Waals surface area contributed by atoms with Crippen LogP contribution in [0.5, 0.6) is 5.75 Å². The molecule has 1 aromatic heterocycles. The van der Waals surface area contributed by atoms with Crippen molar-refractivity contribution in [3.8, 4) is 5.75 Å². The van der Waals surface area contributed by atoms with E-state index in [-0.39, 0.29) is 15.7 Å². The van der Waals surface area contributed by atoms with Crippen LogP contribution >= 0.6 is 23.2 Å². The first-order valence-corrected chi connectivity index (χ1v) is 8.82. The monoisotopic (exact) mass is 376 g/mol. The number of sulfonamides is 1. The number of aromatic nitrogens is 1. The van der Waals surface area contributed by atoms with Gasteiger partial charge in [-0.15, -0.1) is 0 Å². The van der Waals surface area contributed by atoms with Gasteiger partial charge in [-0.2, -0.15) is 4.72 Å². The Hall–Kier alpha value is -1.41. The first-order chi connectivity index (χ1) is 10.8. The van der Waals surface area contributed by atoms with Crippen LogP contribution in [0, 0.1) is 5.82 Å². The molecule has 1 aliphatic carbocycles. The van der Waals surface area contributed by atoms with Gasteiger partial charge in [-0.05, 0) is 37.1 Å². The Morgan fingerprint density at radius 3 is 2.61 bits per heavy atom. The molecule has 0 unspecified atom stereocenters. The molecule has 2 aromatic rings. The number of rotatable bonds is 4. The van der Waals surface area contributed by atoms with E-state index < -0.39 is 32.0 Å². The van der Waals surface area contributed by atoms with Crippen molar-refractivity contribution in [1.29, 1.82) is 0 Å². The van der Waals surface area contributed by atoms with E-state index in [1.54, 1.807) is 0 Å². The van der Waals surface area contributed by atoms with Crippen molar-refractivity contribution in [2.75, 3.05) is 0 Å². The average Bonchev–Trinajstić information content (AvgIpc) is 3.23. The Labute approximate surface area is 142 Å². The number of nitrogens with zero attached hydrogens (tertiary/aromatic N) is 1.